The lowest BCUT2D eigenvalue weighted by molar-refractivity contribution is -0.420. The largest absolute Gasteiger partial charge is 0.352 e. The second-order valence-electron chi connectivity index (χ2n) is 2.18. The van der Waals surface area contributed by atoms with Gasteiger partial charge in [-0.15, -0.1) is 0 Å². The molecule has 1 aromatic heterocycles. The van der Waals surface area contributed by atoms with Crippen LogP contribution in [0.4, 0.5) is 0 Å². The molecule has 0 bridgehead atoms. The molecule has 0 aliphatic carbocycles. The summed E-state index contributed by atoms with van der Waals surface area (Å²) in [4.78, 5) is 3.90. The highest BCUT2D eigenvalue weighted by molar-refractivity contribution is 5.11. The lowest BCUT2D eigenvalue weighted by Crippen LogP contribution is -2.51. The molecular weight excluding hydrogens is 112 g/mol. The van der Waals surface area contributed by atoms with E-state index in [0.717, 1.165) is 0 Å². The Labute approximate surface area is 54.7 Å². The number of quaternary nitrogens is 1. The van der Waals surface area contributed by atoms with Crippen LogP contribution in [0.25, 0.3) is 0 Å². The summed E-state index contributed by atoms with van der Waals surface area (Å²) in [5.41, 5.74) is 5.12. The summed E-state index contributed by atoms with van der Waals surface area (Å²) in [6, 6.07) is 4.34. The van der Waals surface area contributed by atoms with Crippen LogP contribution >= 0.6 is 0 Å². The Morgan fingerprint density at radius 1 is 1.44 bits per heavy atom. The zero-order chi connectivity index (χ0) is 6.69. The van der Waals surface area contributed by atoms with E-state index in [4.69, 9.17) is 0 Å². The van der Waals surface area contributed by atoms with Gasteiger partial charge in [0, 0.05) is 18.0 Å². The molecule has 0 fully saturated rings. The lowest BCUT2D eigenvalue weighted by atomic mass is 10.1. The molecule has 0 aromatic carbocycles. The normalized spacial score (nSPS) is 13.1. The van der Waals surface area contributed by atoms with Crippen molar-refractivity contribution in [1.82, 2.24) is 4.98 Å². The SMILES string of the molecule is C[C@@H]([NH3+])c1ccncc1. The molecule has 1 heterocycles. The van der Waals surface area contributed by atoms with Crippen molar-refractivity contribution in [3.8, 4) is 0 Å². The summed E-state index contributed by atoms with van der Waals surface area (Å²) in [6.07, 6.45) is 3.58. The summed E-state index contributed by atoms with van der Waals surface area (Å²) in [6.45, 7) is 2.06. The second-order valence-corrected chi connectivity index (χ2v) is 2.18. The van der Waals surface area contributed by atoms with Crippen molar-refractivity contribution in [2.75, 3.05) is 0 Å². The molecule has 1 atom stereocenters. The zero-order valence-electron chi connectivity index (χ0n) is 5.54. The van der Waals surface area contributed by atoms with Crippen molar-refractivity contribution in [3.63, 3.8) is 0 Å². The van der Waals surface area contributed by atoms with Crippen LogP contribution in [-0.4, -0.2) is 4.98 Å². The van der Waals surface area contributed by atoms with Gasteiger partial charge in [0.2, 0.25) is 0 Å². The third-order valence-electron chi connectivity index (χ3n) is 1.28. The van der Waals surface area contributed by atoms with Crippen molar-refractivity contribution >= 4 is 0 Å². The van der Waals surface area contributed by atoms with Gasteiger partial charge in [0.15, 0.2) is 0 Å². The first kappa shape index (κ1) is 6.23. The summed E-state index contributed by atoms with van der Waals surface area (Å²) in [7, 11) is 0. The molecule has 0 amide bonds. The van der Waals surface area contributed by atoms with Crippen molar-refractivity contribution in [3.05, 3.63) is 30.1 Å². The Morgan fingerprint density at radius 3 is 2.33 bits per heavy atom. The second kappa shape index (κ2) is 2.60. The molecule has 3 N–H and O–H groups in total. The molecule has 9 heavy (non-hydrogen) atoms. The van der Waals surface area contributed by atoms with Gasteiger partial charge in [-0.25, -0.2) is 0 Å². The number of hydrogen-bond donors (Lipinski definition) is 1. The molecule has 2 nitrogen and oxygen atoms in total. The Balaban J connectivity index is 2.85. The van der Waals surface area contributed by atoms with Crippen molar-refractivity contribution in [2.45, 2.75) is 13.0 Å². The average molecular weight is 123 g/mol. The highest BCUT2D eigenvalue weighted by atomic mass is 14.6. The molecule has 1 rings (SSSR count). The Bertz CT molecular complexity index is 170. The first-order chi connectivity index (χ1) is 4.30. The van der Waals surface area contributed by atoms with E-state index in [0.29, 0.717) is 6.04 Å². The number of rotatable bonds is 1. The molecule has 0 aliphatic heterocycles. The monoisotopic (exact) mass is 123 g/mol. The fraction of sp³-hybridized carbons (Fsp3) is 0.286. The van der Waals surface area contributed by atoms with E-state index in [1.54, 1.807) is 12.4 Å². The highest BCUT2D eigenvalue weighted by Gasteiger charge is 1.98. The third-order valence-corrected chi connectivity index (χ3v) is 1.28. The maximum absolute atomic E-state index is 3.90. The summed E-state index contributed by atoms with van der Waals surface area (Å²) in [5.74, 6) is 0. The molecular formula is C7H11N2+. The van der Waals surface area contributed by atoms with Gasteiger partial charge in [0.05, 0.1) is 0 Å². The van der Waals surface area contributed by atoms with E-state index in [1.807, 2.05) is 12.1 Å². The Hall–Kier alpha value is -0.890. The van der Waals surface area contributed by atoms with Gasteiger partial charge in [-0.05, 0) is 19.1 Å². The van der Waals surface area contributed by atoms with Crippen LogP contribution < -0.4 is 5.73 Å². The van der Waals surface area contributed by atoms with Crippen molar-refractivity contribution in [1.29, 1.82) is 0 Å². The first-order valence-corrected chi connectivity index (χ1v) is 3.03. The van der Waals surface area contributed by atoms with Crippen molar-refractivity contribution in [2.24, 2.45) is 0 Å². The predicted octanol–water partition coefficient (Wildman–Crippen LogP) is 0.384. The van der Waals surface area contributed by atoms with E-state index in [-0.39, 0.29) is 0 Å². The number of hydrogen-bond acceptors (Lipinski definition) is 1. The van der Waals surface area contributed by atoms with E-state index < -0.39 is 0 Å². The summed E-state index contributed by atoms with van der Waals surface area (Å²) >= 11 is 0. The summed E-state index contributed by atoms with van der Waals surface area (Å²) < 4.78 is 0. The highest BCUT2D eigenvalue weighted by Crippen LogP contribution is 2.03. The zero-order valence-corrected chi connectivity index (χ0v) is 5.54. The van der Waals surface area contributed by atoms with Crippen LogP contribution in [0.1, 0.15) is 18.5 Å². The quantitative estimate of drug-likeness (QED) is 0.576. The van der Waals surface area contributed by atoms with Crippen LogP contribution in [0.5, 0.6) is 0 Å². The number of nitrogens with zero attached hydrogens (tertiary/aromatic N) is 1. The molecule has 2 heteroatoms. The number of pyridine rings is 1. The van der Waals surface area contributed by atoms with Gasteiger partial charge in [-0.2, -0.15) is 0 Å². The summed E-state index contributed by atoms with van der Waals surface area (Å²) in [5, 5.41) is 0. The average Bonchev–Trinajstić information content (AvgIpc) is 1.90. The minimum Gasteiger partial charge on any atom is -0.352 e. The molecule has 0 spiro atoms. The minimum absolute atomic E-state index is 0.369. The van der Waals surface area contributed by atoms with Gasteiger partial charge in [-0.1, -0.05) is 0 Å². The molecule has 1 aromatic rings. The van der Waals surface area contributed by atoms with Crippen LogP contribution in [0.2, 0.25) is 0 Å². The maximum Gasteiger partial charge on any atom is 0.107 e. The standard InChI is InChI=1S/C7H10N2/c1-6(8)7-2-4-9-5-3-7/h2-6H,8H2,1H3/p+1/t6-/m1/s1. The molecule has 0 unspecified atom stereocenters. The van der Waals surface area contributed by atoms with Gasteiger partial charge < -0.3 is 5.73 Å². The van der Waals surface area contributed by atoms with Gasteiger partial charge in [0.1, 0.15) is 6.04 Å². The molecule has 0 saturated carbocycles. The maximum atomic E-state index is 3.90. The van der Waals surface area contributed by atoms with Gasteiger partial charge >= 0.3 is 0 Å². The number of aromatic nitrogens is 1. The van der Waals surface area contributed by atoms with Gasteiger partial charge in [0.25, 0.3) is 0 Å². The van der Waals surface area contributed by atoms with Crippen LogP contribution in [-0.2, 0) is 0 Å². The van der Waals surface area contributed by atoms with Gasteiger partial charge in [-0.3, -0.25) is 4.98 Å². The fourth-order valence-electron chi connectivity index (χ4n) is 0.692. The molecule has 0 saturated heterocycles. The van der Waals surface area contributed by atoms with Crippen molar-refractivity contribution < 1.29 is 5.73 Å². The van der Waals surface area contributed by atoms with E-state index in [1.165, 1.54) is 5.56 Å². The van der Waals surface area contributed by atoms with E-state index in [2.05, 4.69) is 17.6 Å². The van der Waals surface area contributed by atoms with E-state index in [9.17, 15) is 0 Å². The fourth-order valence-corrected chi connectivity index (χ4v) is 0.692. The topological polar surface area (TPSA) is 40.5 Å². The molecule has 48 valence electrons. The van der Waals surface area contributed by atoms with Crippen LogP contribution in [0.3, 0.4) is 0 Å². The van der Waals surface area contributed by atoms with E-state index >= 15 is 0 Å². The Morgan fingerprint density at radius 2 is 2.00 bits per heavy atom. The third kappa shape index (κ3) is 1.50. The van der Waals surface area contributed by atoms with Crippen LogP contribution in [0.15, 0.2) is 24.5 Å². The molecule has 0 radical (unpaired) electrons. The minimum atomic E-state index is 0.369. The first-order valence-electron chi connectivity index (χ1n) is 3.03. The predicted molar refractivity (Wildman–Crippen MR) is 35.5 cm³/mol. The molecule has 0 aliphatic rings. The lowest BCUT2D eigenvalue weighted by Gasteiger charge is -1.98. The van der Waals surface area contributed by atoms with Crippen LogP contribution in [0, 0.1) is 0 Å². The smallest absolute Gasteiger partial charge is 0.107 e. The Kier molecular flexibility index (Phi) is 1.80.